The Kier molecular flexibility index (Phi) is 12.6. The first-order valence-corrected chi connectivity index (χ1v) is 17.0. The molecule has 0 radical (unpaired) electrons. The third-order valence-electron chi connectivity index (χ3n) is 7.91. The molecule has 2 saturated heterocycles. The third-order valence-corrected chi connectivity index (χ3v) is 9.76. The molecule has 248 valence electrons. The van der Waals surface area contributed by atoms with Crippen LogP contribution in [0.3, 0.4) is 0 Å². The van der Waals surface area contributed by atoms with Gasteiger partial charge in [-0.3, -0.25) is 9.69 Å². The Morgan fingerprint density at radius 3 is 2.36 bits per heavy atom. The second kappa shape index (κ2) is 16.4. The smallest absolute Gasteiger partial charge is 0.407 e. The van der Waals surface area contributed by atoms with Gasteiger partial charge in [0.05, 0.1) is 37.2 Å². The fourth-order valence-corrected chi connectivity index (χ4v) is 7.01. The van der Waals surface area contributed by atoms with Crippen molar-refractivity contribution in [3.63, 3.8) is 0 Å². The van der Waals surface area contributed by atoms with Gasteiger partial charge in [0.15, 0.2) is 0 Å². The monoisotopic (exact) mass is 645 g/mol. The van der Waals surface area contributed by atoms with Crippen LogP contribution >= 0.6 is 0 Å². The second-order valence-corrected chi connectivity index (χ2v) is 14.2. The summed E-state index contributed by atoms with van der Waals surface area (Å²) in [6, 6.07) is 14.7. The lowest BCUT2D eigenvalue weighted by Gasteiger charge is -2.35. The number of ether oxygens (including phenoxy) is 3. The van der Waals surface area contributed by atoms with E-state index in [9.17, 15) is 18.0 Å². The van der Waals surface area contributed by atoms with Gasteiger partial charge in [0.2, 0.25) is 10.0 Å². The molecule has 2 aliphatic heterocycles. The molecule has 4 rings (SSSR count). The molecular formula is C32H47N5O7S. The molecule has 0 saturated carbocycles. The van der Waals surface area contributed by atoms with Crippen molar-refractivity contribution in [3.05, 3.63) is 60.2 Å². The molecule has 3 atom stereocenters. The van der Waals surface area contributed by atoms with E-state index >= 15 is 0 Å². The average molecular weight is 646 g/mol. The van der Waals surface area contributed by atoms with Crippen molar-refractivity contribution in [1.82, 2.24) is 19.4 Å². The van der Waals surface area contributed by atoms with Crippen molar-refractivity contribution in [2.45, 2.75) is 49.8 Å². The Morgan fingerprint density at radius 1 is 1.04 bits per heavy atom. The van der Waals surface area contributed by atoms with Crippen molar-refractivity contribution in [3.8, 4) is 0 Å². The molecule has 2 aliphatic rings. The summed E-state index contributed by atoms with van der Waals surface area (Å²) in [7, 11) is -1.99. The van der Waals surface area contributed by atoms with Crippen LogP contribution < -0.4 is 11.1 Å². The van der Waals surface area contributed by atoms with Gasteiger partial charge in [0.25, 0.3) is 0 Å². The number of nitrogen functional groups attached to an aromatic ring is 1. The molecule has 1 amide bonds. The number of rotatable bonds is 14. The molecule has 45 heavy (non-hydrogen) atoms. The van der Waals surface area contributed by atoms with Crippen LogP contribution in [0, 0.1) is 5.92 Å². The zero-order valence-corrected chi connectivity index (χ0v) is 27.3. The molecule has 2 aromatic rings. The highest BCUT2D eigenvalue weighted by Crippen LogP contribution is 2.22. The summed E-state index contributed by atoms with van der Waals surface area (Å²) in [6.07, 6.45) is -1.23. The molecule has 12 nitrogen and oxygen atoms in total. The molecule has 2 heterocycles. The highest BCUT2D eigenvalue weighted by molar-refractivity contribution is 7.89. The van der Waals surface area contributed by atoms with E-state index in [4.69, 9.17) is 19.9 Å². The molecule has 0 aliphatic carbocycles. The maximum absolute atomic E-state index is 14.0. The minimum Gasteiger partial charge on any atom is -0.458 e. The summed E-state index contributed by atoms with van der Waals surface area (Å²) in [5.74, 6) is -0.528. The number of likely N-dealkylation sites (N-methyl/N-ethyl adjacent to an activating group) is 1. The van der Waals surface area contributed by atoms with E-state index in [1.807, 2.05) is 56.1 Å². The first kappa shape index (κ1) is 34.6. The van der Waals surface area contributed by atoms with Gasteiger partial charge in [-0.2, -0.15) is 4.31 Å². The lowest BCUT2D eigenvalue weighted by Crippen LogP contribution is -2.54. The van der Waals surface area contributed by atoms with E-state index in [0.717, 1.165) is 18.7 Å². The van der Waals surface area contributed by atoms with E-state index in [0.29, 0.717) is 38.4 Å². The van der Waals surface area contributed by atoms with Crippen LogP contribution in [0.15, 0.2) is 59.5 Å². The van der Waals surface area contributed by atoms with Crippen LogP contribution in [0.1, 0.15) is 25.8 Å². The van der Waals surface area contributed by atoms with Crippen LogP contribution in [-0.2, 0) is 35.4 Å². The van der Waals surface area contributed by atoms with Gasteiger partial charge in [0, 0.05) is 44.8 Å². The molecule has 2 aromatic carbocycles. The molecular weight excluding hydrogens is 598 g/mol. The number of esters is 1. The van der Waals surface area contributed by atoms with E-state index < -0.39 is 34.2 Å². The predicted octanol–water partition coefficient (Wildman–Crippen LogP) is 2.20. The molecule has 2 unspecified atom stereocenters. The fourth-order valence-electron chi connectivity index (χ4n) is 5.39. The number of carbonyl (C=O) groups excluding carboxylic acids is 2. The fraction of sp³-hybridized carbons (Fsp3) is 0.562. The van der Waals surface area contributed by atoms with Gasteiger partial charge in [-0.1, -0.05) is 44.2 Å². The molecule has 0 spiro atoms. The molecule has 0 bridgehead atoms. The van der Waals surface area contributed by atoms with Gasteiger partial charge < -0.3 is 30.2 Å². The Morgan fingerprint density at radius 2 is 1.73 bits per heavy atom. The largest absolute Gasteiger partial charge is 0.458 e. The van der Waals surface area contributed by atoms with Gasteiger partial charge in [-0.05, 0) is 49.2 Å². The number of piperazine rings is 1. The topological polar surface area (TPSA) is 144 Å². The zero-order chi connectivity index (χ0) is 32.4. The lowest BCUT2D eigenvalue weighted by molar-refractivity contribution is -0.152. The van der Waals surface area contributed by atoms with E-state index in [1.54, 1.807) is 0 Å². The number of nitrogens with two attached hydrogens (primary N) is 1. The standard InChI is InChI=1S/C32H47N5O7S/c1-24(2)20-37(45(40,41)28-11-9-26(33)10-12-28)21-30(44-31(38)22-36-16-14-35(3)15-17-36)29(19-25-7-5-4-6-8-25)34-32(39)43-27-13-18-42-23-27/h4-12,24,27,29-30H,13-23,33H2,1-3H3,(H,34,39)/t27?,29-,30?/m0/s1. The summed E-state index contributed by atoms with van der Waals surface area (Å²) in [5, 5.41) is 2.91. The Bertz CT molecular complexity index is 1330. The molecule has 2 fully saturated rings. The van der Waals surface area contributed by atoms with Crippen LogP contribution in [0.25, 0.3) is 0 Å². The number of nitrogens with zero attached hydrogens (tertiary/aromatic N) is 3. The quantitative estimate of drug-likeness (QED) is 0.232. The first-order chi connectivity index (χ1) is 21.5. The van der Waals surface area contributed by atoms with Crippen molar-refractivity contribution in [2.75, 3.05) is 71.8 Å². The highest BCUT2D eigenvalue weighted by Gasteiger charge is 2.36. The van der Waals surface area contributed by atoms with Crippen LogP contribution in [0.5, 0.6) is 0 Å². The number of anilines is 1. The van der Waals surface area contributed by atoms with Gasteiger partial charge >= 0.3 is 12.1 Å². The van der Waals surface area contributed by atoms with Crippen LogP contribution in [0.2, 0.25) is 0 Å². The summed E-state index contributed by atoms with van der Waals surface area (Å²) in [5.41, 5.74) is 7.15. The zero-order valence-electron chi connectivity index (χ0n) is 26.5. The number of sulfonamides is 1. The number of benzene rings is 2. The molecule has 3 N–H and O–H groups in total. The summed E-state index contributed by atoms with van der Waals surface area (Å²) >= 11 is 0. The second-order valence-electron chi connectivity index (χ2n) is 12.2. The number of alkyl carbamates (subject to hydrolysis) is 1. The van der Waals surface area contributed by atoms with Crippen LogP contribution in [-0.4, -0.2) is 119 Å². The van der Waals surface area contributed by atoms with Crippen molar-refractivity contribution in [1.29, 1.82) is 0 Å². The Labute approximate surface area is 266 Å². The van der Waals surface area contributed by atoms with Crippen molar-refractivity contribution < 1.29 is 32.2 Å². The van der Waals surface area contributed by atoms with Crippen LogP contribution in [0.4, 0.5) is 10.5 Å². The summed E-state index contributed by atoms with van der Waals surface area (Å²) < 4.78 is 46.4. The highest BCUT2D eigenvalue weighted by atomic mass is 32.2. The van der Waals surface area contributed by atoms with Crippen molar-refractivity contribution in [2.24, 2.45) is 5.92 Å². The molecule has 13 heteroatoms. The number of hydrogen-bond donors (Lipinski definition) is 2. The SMILES string of the molecule is CC(C)CN(CC(OC(=O)CN1CCN(C)CC1)[C@H](Cc1ccccc1)NC(=O)OC1CCOC1)S(=O)(=O)c1ccc(N)cc1. The number of hydrogen-bond acceptors (Lipinski definition) is 10. The first-order valence-electron chi connectivity index (χ1n) is 15.5. The Hall–Kier alpha value is -3.23. The van der Waals surface area contributed by atoms with Gasteiger partial charge in [-0.25, -0.2) is 13.2 Å². The summed E-state index contributed by atoms with van der Waals surface area (Å²) in [6.45, 7) is 7.77. The Balaban J connectivity index is 1.64. The maximum atomic E-state index is 14.0. The average Bonchev–Trinajstić information content (AvgIpc) is 3.50. The predicted molar refractivity (Wildman–Crippen MR) is 171 cm³/mol. The van der Waals surface area contributed by atoms with Crippen molar-refractivity contribution >= 4 is 27.8 Å². The normalized spacial score (nSPS) is 19.4. The number of carbonyl (C=O) groups is 2. The molecule has 0 aromatic heterocycles. The van der Waals surface area contributed by atoms with Gasteiger partial charge in [0.1, 0.15) is 12.2 Å². The minimum absolute atomic E-state index is 0.0388. The number of amides is 1. The maximum Gasteiger partial charge on any atom is 0.407 e. The number of nitrogens with one attached hydrogen (secondary N) is 1. The summed E-state index contributed by atoms with van der Waals surface area (Å²) in [4.78, 5) is 30.9. The third kappa shape index (κ3) is 10.7. The van der Waals surface area contributed by atoms with E-state index in [1.165, 1.54) is 28.6 Å². The minimum atomic E-state index is -4.02. The lowest BCUT2D eigenvalue weighted by atomic mass is 10.0. The van der Waals surface area contributed by atoms with Gasteiger partial charge in [-0.15, -0.1) is 0 Å². The van der Waals surface area contributed by atoms with E-state index in [-0.39, 0.29) is 43.0 Å². The van der Waals surface area contributed by atoms with E-state index in [2.05, 4.69) is 10.2 Å².